The minimum Gasteiger partial charge on any atom is -0.298 e. The van der Waals surface area contributed by atoms with Gasteiger partial charge in [0.05, 0.1) is 17.0 Å². The molecule has 0 radical (unpaired) electrons. The summed E-state index contributed by atoms with van der Waals surface area (Å²) < 4.78 is 50.8. The van der Waals surface area contributed by atoms with Gasteiger partial charge in [0.15, 0.2) is 12.1 Å². The SMILES string of the molecule is O=Cc1cc(C(F)(F)F)c(C(=O)CCl)cc1F. The number of carbonyl (C=O) groups is 2. The number of carbonyl (C=O) groups excluding carboxylic acids is 2. The van der Waals surface area contributed by atoms with Gasteiger partial charge in [0.2, 0.25) is 0 Å². The first-order valence-corrected chi connectivity index (χ1v) is 4.79. The molecule has 7 heteroatoms. The summed E-state index contributed by atoms with van der Waals surface area (Å²) in [5, 5.41) is 0. The molecule has 0 heterocycles. The van der Waals surface area contributed by atoms with Gasteiger partial charge in [-0.1, -0.05) is 0 Å². The summed E-state index contributed by atoms with van der Waals surface area (Å²) in [6.07, 6.45) is -4.91. The van der Waals surface area contributed by atoms with Crippen molar-refractivity contribution >= 4 is 23.7 Å². The van der Waals surface area contributed by atoms with E-state index < -0.39 is 40.3 Å². The molecule has 0 saturated heterocycles. The topological polar surface area (TPSA) is 34.1 Å². The van der Waals surface area contributed by atoms with Crippen LogP contribution in [0.3, 0.4) is 0 Å². The Morgan fingerprint density at radius 3 is 2.35 bits per heavy atom. The lowest BCUT2D eigenvalue weighted by molar-refractivity contribution is -0.137. The van der Waals surface area contributed by atoms with E-state index in [4.69, 9.17) is 11.6 Å². The van der Waals surface area contributed by atoms with Gasteiger partial charge >= 0.3 is 6.18 Å². The maximum absolute atomic E-state index is 13.1. The summed E-state index contributed by atoms with van der Waals surface area (Å²) in [5.74, 6) is -2.96. The third-order valence-corrected chi connectivity index (χ3v) is 2.23. The fourth-order valence-corrected chi connectivity index (χ4v) is 1.36. The Kier molecular flexibility index (Phi) is 3.87. The van der Waals surface area contributed by atoms with E-state index in [1.165, 1.54) is 0 Å². The zero-order chi connectivity index (χ0) is 13.2. The van der Waals surface area contributed by atoms with Crippen LogP contribution in [-0.2, 0) is 6.18 Å². The normalized spacial score (nSPS) is 11.4. The Hall–Kier alpha value is -1.43. The van der Waals surface area contributed by atoms with Gasteiger partial charge in [0.1, 0.15) is 5.82 Å². The molecule has 0 aliphatic rings. The van der Waals surface area contributed by atoms with Crippen LogP contribution in [0.25, 0.3) is 0 Å². The fourth-order valence-electron chi connectivity index (χ4n) is 1.22. The Balaban J connectivity index is 3.52. The van der Waals surface area contributed by atoms with Crippen LogP contribution in [0.15, 0.2) is 12.1 Å². The molecule has 0 saturated carbocycles. The Morgan fingerprint density at radius 1 is 1.35 bits per heavy atom. The van der Waals surface area contributed by atoms with Gasteiger partial charge in [0, 0.05) is 5.56 Å². The lowest BCUT2D eigenvalue weighted by Crippen LogP contribution is -2.15. The minimum absolute atomic E-state index is 0.0560. The number of hydrogen-bond donors (Lipinski definition) is 0. The maximum Gasteiger partial charge on any atom is 0.417 e. The van der Waals surface area contributed by atoms with E-state index in [1.54, 1.807) is 0 Å². The van der Waals surface area contributed by atoms with E-state index in [0.29, 0.717) is 12.1 Å². The van der Waals surface area contributed by atoms with E-state index >= 15 is 0 Å². The summed E-state index contributed by atoms with van der Waals surface area (Å²) in [6.45, 7) is 0. The smallest absolute Gasteiger partial charge is 0.298 e. The summed E-state index contributed by atoms with van der Waals surface area (Å²) in [4.78, 5) is 21.5. The second kappa shape index (κ2) is 4.83. The fraction of sp³-hybridized carbons (Fsp3) is 0.200. The van der Waals surface area contributed by atoms with Gasteiger partial charge in [0.25, 0.3) is 0 Å². The summed E-state index contributed by atoms with van der Waals surface area (Å²) in [5.41, 5.74) is -3.01. The Morgan fingerprint density at radius 2 is 1.94 bits per heavy atom. The van der Waals surface area contributed by atoms with Crippen LogP contribution in [-0.4, -0.2) is 17.9 Å². The van der Waals surface area contributed by atoms with Gasteiger partial charge in [-0.2, -0.15) is 13.2 Å². The number of halogens is 5. The molecule has 0 N–H and O–H groups in total. The van der Waals surface area contributed by atoms with Gasteiger partial charge < -0.3 is 0 Å². The van der Waals surface area contributed by atoms with Crippen molar-refractivity contribution in [2.24, 2.45) is 0 Å². The van der Waals surface area contributed by atoms with Crippen molar-refractivity contribution in [2.75, 3.05) is 5.88 Å². The maximum atomic E-state index is 13.1. The van der Waals surface area contributed by atoms with E-state index in [-0.39, 0.29) is 6.29 Å². The minimum atomic E-state index is -4.86. The van der Waals surface area contributed by atoms with Crippen molar-refractivity contribution < 1.29 is 27.2 Å². The first-order chi connectivity index (χ1) is 7.81. The van der Waals surface area contributed by atoms with E-state index in [2.05, 4.69) is 0 Å². The molecule has 0 unspecified atom stereocenters. The largest absolute Gasteiger partial charge is 0.417 e. The first kappa shape index (κ1) is 13.6. The average molecular weight is 269 g/mol. The van der Waals surface area contributed by atoms with Crippen LogP contribution >= 0.6 is 11.6 Å². The molecule has 0 aliphatic carbocycles. The van der Waals surface area contributed by atoms with Crippen LogP contribution in [0.4, 0.5) is 17.6 Å². The summed E-state index contributed by atoms with van der Waals surface area (Å²) in [6, 6.07) is 0.666. The molecular weight excluding hydrogens is 264 g/mol. The molecule has 0 fully saturated rings. The molecular formula is C10H5ClF4O2. The number of alkyl halides is 4. The van der Waals surface area contributed by atoms with Crippen LogP contribution < -0.4 is 0 Å². The number of aldehydes is 1. The molecule has 1 aromatic rings. The van der Waals surface area contributed by atoms with Crippen molar-refractivity contribution in [3.63, 3.8) is 0 Å². The third kappa shape index (κ3) is 2.82. The highest BCUT2D eigenvalue weighted by Crippen LogP contribution is 2.33. The van der Waals surface area contributed by atoms with Crippen LogP contribution in [0.5, 0.6) is 0 Å². The second-order valence-electron chi connectivity index (χ2n) is 3.09. The second-order valence-corrected chi connectivity index (χ2v) is 3.36. The molecule has 0 atom stereocenters. The molecule has 0 aliphatic heterocycles. The van der Waals surface area contributed by atoms with Gasteiger partial charge in [-0.25, -0.2) is 4.39 Å². The van der Waals surface area contributed by atoms with Crippen molar-refractivity contribution in [2.45, 2.75) is 6.18 Å². The number of hydrogen-bond acceptors (Lipinski definition) is 2. The van der Waals surface area contributed by atoms with Gasteiger partial charge in [-0.15, -0.1) is 11.6 Å². The molecule has 1 aromatic carbocycles. The van der Waals surface area contributed by atoms with Crippen LogP contribution in [0, 0.1) is 5.82 Å². The zero-order valence-corrected chi connectivity index (χ0v) is 8.90. The number of ketones is 1. The molecule has 92 valence electrons. The summed E-state index contributed by atoms with van der Waals surface area (Å²) in [7, 11) is 0. The van der Waals surface area contributed by atoms with Crippen molar-refractivity contribution in [3.8, 4) is 0 Å². The van der Waals surface area contributed by atoms with Crippen molar-refractivity contribution in [1.82, 2.24) is 0 Å². The Labute approximate surface area is 98.2 Å². The predicted molar refractivity (Wildman–Crippen MR) is 51.8 cm³/mol. The monoisotopic (exact) mass is 268 g/mol. The van der Waals surface area contributed by atoms with Crippen molar-refractivity contribution in [1.29, 1.82) is 0 Å². The number of rotatable bonds is 3. The molecule has 2 nitrogen and oxygen atoms in total. The van der Waals surface area contributed by atoms with E-state index in [1.807, 2.05) is 0 Å². The molecule has 0 bridgehead atoms. The Bertz CT molecular complexity index is 468. The number of benzene rings is 1. The van der Waals surface area contributed by atoms with Gasteiger partial charge in [-0.3, -0.25) is 9.59 Å². The molecule has 17 heavy (non-hydrogen) atoms. The lowest BCUT2D eigenvalue weighted by Gasteiger charge is -2.12. The molecule has 1 rings (SSSR count). The summed E-state index contributed by atoms with van der Waals surface area (Å²) >= 11 is 5.13. The first-order valence-electron chi connectivity index (χ1n) is 4.26. The highest BCUT2D eigenvalue weighted by atomic mass is 35.5. The lowest BCUT2D eigenvalue weighted by atomic mass is 10.0. The highest BCUT2D eigenvalue weighted by molar-refractivity contribution is 6.30. The van der Waals surface area contributed by atoms with Crippen LogP contribution in [0.1, 0.15) is 26.3 Å². The molecule has 0 amide bonds. The predicted octanol–water partition coefficient (Wildman–Crippen LogP) is 3.08. The number of Topliss-reactive ketones (excluding diaryl/α,β-unsaturated/α-hetero) is 1. The third-order valence-electron chi connectivity index (χ3n) is 1.99. The van der Waals surface area contributed by atoms with E-state index in [9.17, 15) is 27.2 Å². The van der Waals surface area contributed by atoms with E-state index in [0.717, 1.165) is 0 Å². The van der Waals surface area contributed by atoms with Gasteiger partial charge in [-0.05, 0) is 12.1 Å². The quantitative estimate of drug-likeness (QED) is 0.365. The standard InChI is InChI=1S/C10H5ClF4O2/c11-3-9(17)6-2-8(12)5(4-16)1-7(6)10(13,14)15/h1-2,4H,3H2. The van der Waals surface area contributed by atoms with Crippen molar-refractivity contribution in [3.05, 3.63) is 34.6 Å². The average Bonchev–Trinajstić information content (AvgIpc) is 2.26. The molecule has 0 spiro atoms. The highest BCUT2D eigenvalue weighted by Gasteiger charge is 2.36. The zero-order valence-electron chi connectivity index (χ0n) is 8.15. The molecule has 0 aromatic heterocycles. The van der Waals surface area contributed by atoms with Crippen LogP contribution in [0.2, 0.25) is 0 Å².